The summed E-state index contributed by atoms with van der Waals surface area (Å²) in [5.41, 5.74) is 11.6. The van der Waals surface area contributed by atoms with Crippen molar-refractivity contribution in [3.63, 3.8) is 0 Å². The summed E-state index contributed by atoms with van der Waals surface area (Å²) in [5.74, 6) is -0.461. The molecule has 47 heavy (non-hydrogen) atoms. The number of carbonyl (C=O) groups is 3. The second-order valence-electron chi connectivity index (χ2n) is 12.0. The Kier molecular flexibility index (Phi) is 13.8. The predicted octanol–water partition coefficient (Wildman–Crippen LogP) is 6.24. The average Bonchev–Trinajstić information content (AvgIpc) is 3.06. The summed E-state index contributed by atoms with van der Waals surface area (Å²) in [5, 5.41) is 9.08. The maximum Gasteiger partial charge on any atom is 0.329 e. The zero-order valence-corrected chi connectivity index (χ0v) is 28.7. The number of hydrogen-bond acceptors (Lipinski definition) is 5. The van der Waals surface area contributed by atoms with Gasteiger partial charge in [-0.2, -0.15) is 0 Å². The first-order chi connectivity index (χ1) is 22.5. The smallest absolute Gasteiger partial charge is 0.329 e. The molecule has 5 N–H and O–H groups in total. The van der Waals surface area contributed by atoms with E-state index in [9.17, 15) is 14.4 Å². The van der Waals surface area contributed by atoms with Gasteiger partial charge in [-0.1, -0.05) is 54.5 Å². The number of anilines is 2. The number of amidine groups is 1. The van der Waals surface area contributed by atoms with Crippen LogP contribution in [0.15, 0.2) is 93.0 Å². The van der Waals surface area contributed by atoms with Crippen LogP contribution in [-0.2, 0) is 9.59 Å². The summed E-state index contributed by atoms with van der Waals surface area (Å²) in [4.78, 5) is 50.2. The lowest BCUT2D eigenvalue weighted by Gasteiger charge is -2.24. The quantitative estimate of drug-likeness (QED) is 0.0576. The Bertz CT molecular complexity index is 1560. The molecular weight excluding hydrogens is 590 g/mol. The molecule has 1 saturated heterocycles. The Labute approximate surface area is 279 Å². The maximum atomic E-state index is 14.0. The largest absolute Gasteiger partial charge is 0.383 e. The molecule has 1 heterocycles. The first-order valence-electron chi connectivity index (χ1n) is 16.1. The lowest BCUT2D eigenvalue weighted by atomic mass is 9.87. The summed E-state index contributed by atoms with van der Waals surface area (Å²) < 4.78 is 0. The molecule has 1 aliphatic rings. The van der Waals surface area contributed by atoms with Gasteiger partial charge in [0.25, 0.3) is 11.8 Å². The number of imide groups is 1. The molecular formula is C37H49N7O3. The standard InChI is InChI=1S/C37H49N7O3/c1-8-25(4)33(36(46)44(37(47)42-24(2)3)31-12-10-9-11-13-31)35(45)43-30-16-14-29(15-17-30)32(27(6)34(38)41-23-39-7)22-26(5)28-18-20-40-21-19-28/h9-17,22-24,28,40H,8,18-21H2,1-7H3,(H,42,47)(H,43,45)(H2,38,39,41)/b26-22+,32-27-,33-25+. The number of urea groups is 1. The monoisotopic (exact) mass is 639 g/mol. The number of para-hydroxylation sites is 1. The minimum Gasteiger partial charge on any atom is -0.383 e. The van der Waals surface area contributed by atoms with Crippen LogP contribution in [0.4, 0.5) is 16.2 Å². The number of rotatable bonds is 11. The maximum absolute atomic E-state index is 14.0. The van der Waals surface area contributed by atoms with E-state index in [0.717, 1.165) is 47.5 Å². The molecule has 0 radical (unpaired) electrons. The van der Waals surface area contributed by atoms with Crippen LogP contribution in [0.5, 0.6) is 0 Å². The van der Waals surface area contributed by atoms with Crippen LogP contribution in [-0.4, -0.2) is 56.2 Å². The minimum absolute atomic E-state index is 0.0853. The van der Waals surface area contributed by atoms with E-state index >= 15 is 0 Å². The molecule has 2 aromatic rings. The van der Waals surface area contributed by atoms with Crippen molar-refractivity contribution in [2.45, 2.75) is 66.8 Å². The molecule has 0 atom stereocenters. The highest BCUT2D eigenvalue weighted by molar-refractivity contribution is 6.32. The van der Waals surface area contributed by atoms with Crippen molar-refractivity contribution in [2.75, 3.05) is 30.4 Å². The minimum atomic E-state index is -0.701. The number of hydrogen-bond donors (Lipinski definition) is 4. The van der Waals surface area contributed by atoms with Crippen molar-refractivity contribution in [2.24, 2.45) is 21.6 Å². The summed E-state index contributed by atoms with van der Waals surface area (Å²) in [6.07, 6.45) is 6.18. The Morgan fingerprint density at radius 1 is 1.02 bits per heavy atom. The van der Waals surface area contributed by atoms with Gasteiger partial charge in [-0.25, -0.2) is 14.7 Å². The van der Waals surface area contributed by atoms with Gasteiger partial charge in [0.05, 0.1) is 5.69 Å². The third kappa shape index (κ3) is 10.1. The van der Waals surface area contributed by atoms with Crippen LogP contribution in [0.3, 0.4) is 0 Å². The number of amides is 4. The van der Waals surface area contributed by atoms with Gasteiger partial charge in [0.1, 0.15) is 17.7 Å². The number of allylic oxidation sites excluding steroid dienone is 4. The predicted molar refractivity (Wildman–Crippen MR) is 194 cm³/mol. The zero-order valence-electron chi connectivity index (χ0n) is 28.7. The molecule has 1 fully saturated rings. The number of nitrogens with two attached hydrogens (primary N) is 1. The van der Waals surface area contributed by atoms with Crippen molar-refractivity contribution in [3.05, 3.63) is 88.5 Å². The topological polar surface area (TPSA) is 141 Å². The summed E-state index contributed by atoms with van der Waals surface area (Å²) >= 11 is 0. The van der Waals surface area contributed by atoms with Gasteiger partial charge in [-0.05, 0) is 114 Å². The number of aliphatic imine (C=N–C) groups is 2. The number of nitrogens with one attached hydrogen (secondary N) is 3. The molecule has 10 heteroatoms. The third-order valence-corrected chi connectivity index (χ3v) is 8.14. The SMILES string of the molecule is CC/C(C)=C(\C(=O)Nc1ccc(C(/C=C(\C)C2CCNCC2)=C(/C)C(N)=NC=NC)cc1)C(=O)N(C(=O)NC(C)C)c1ccccc1. The summed E-state index contributed by atoms with van der Waals surface area (Å²) in [6, 6.07) is 15.2. The molecule has 4 amide bonds. The van der Waals surface area contributed by atoms with Gasteiger partial charge in [-0.3, -0.25) is 14.6 Å². The molecule has 0 spiro atoms. The molecule has 2 aromatic carbocycles. The number of piperidine rings is 1. The van der Waals surface area contributed by atoms with Crippen molar-refractivity contribution >= 4 is 47.0 Å². The first kappa shape index (κ1) is 36.6. The second kappa shape index (κ2) is 17.8. The highest BCUT2D eigenvalue weighted by Gasteiger charge is 2.31. The highest BCUT2D eigenvalue weighted by atomic mass is 16.2. The molecule has 0 unspecified atom stereocenters. The first-order valence-corrected chi connectivity index (χ1v) is 16.1. The van der Waals surface area contributed by atoms with Crippen LogP contribution in [0.2, 0.25) is 0 Å². The fraction of sp³-hybridized carbons (Fsp3) is 0.378. The second-order valence-corrected chi connectivity index (χ2v) is 12.0. The molecule has 0 bridgehead atoms. The fourth-order valence-corrected chi connectivity index (χ4v) is 5.29. The summed E-state index contributed by atoms with van der Waals surface area (Å²) in [7, 11) is 1.64. The fourth-order valence-electron chi connectivity index (χ4n) is 5.29. The molecule has 0 saturated carbocycles. The average molecular weight is 640 g/mol. The molecule has 0 aliphatic carbocycles. The van der Waals surface area contributed by atoms with E-state index in [2.05, 4.69) is 38.9 Å². The Balaban J connectivity index is 1.97. The van der Waals surface area contributed by atoms with E-state index in [1.54, 1.807) is 56.4 Å². The van der Waals surface area contributed by atoms with Crippen molar-refractivity contribution in [3.8, 4) is 0 Å². The van der Waals surface area contributed by atoms with Gasteiger partial charge < -0.3 is 21.7 Å². The molecule has 250 valence electrons. The van der Waals surface area contributed by atoms with E-state index in [-0.39, 0.29) is 11.6 Å². The van der Waals surface area contributed by atoms with Crippen LogP contribution >= 0.6 is 0 Å². The molecule has 1 aliphatic heterocycles. The van der Waals surface area contributed by atoms with Crippen LogP contribution in [0.1, 0.15) is 66.4 Å². The molecule has 0 aromatic heterocycles. The van der Waals surface area contributed by atoms with Crippen LogP contribution in [0, 0.1) is 5.92 Å². The Morgan fingerprint density at radius 3 is 2.23 bits per heavy atom. The summed E-state index contributed by atoms with van der Waals surface area (Å²) in [6.45, 7) is 13.3. The van der Waals surface area contributed by atoms with Gasteiger partial charge in [0.15, 0.2) is 0 Å². The highest BCUT2D eigenvalue weighted by Crippen LogP contribution is 2.29. The van der Waals surface area contributed by atoms with Gasteiger partial charge >= 0.3 is 6.03 Å². The zero-order chi connectivity index (χ0) is 34.5. The van der Waals surface area contributed by atoms with E-state index in [4.69, 9.17) is 5.73 Å². The lowest BCUT2D eigenvalue weighted by Crippen LogP contribution is -2.48. The van der Waals surface area contributed by atoms with Gasteiger partial charge in [0.2, 0.25) is 0 Å². The van der Waals surface area contributed by atoms with E-state index < -0.39 is 17.8 Å². The van der Waals surface area contributed by atoms with Crippen LogP contribution < -0.4 is 26.6 Å². The number of carbonyl (C=O) groups excluding carboxylic acids is 3. The van der Waals surface area contributed by atoms with E-state index in [1.807, 2.05) is 39.8 Å². The van der Waals surface area contributed by atoms with Crippen molar-refractivity contribution in [1.82, 2.24) is 10.6 Å². The van der Waals surface area contributed by atoms with E-state index in [1.165, 1.54) is 11.9 Å². The normalized spacial score (nSPS) is 15.7. The Hall–Kier alpha value is -4.83. The third-order valence-electron chi connectivity index (χ3n) is 8.14. The van der Waals surface area contributed by atoms with Gasteiger partial charge in [0, 0.05) is 18.8 Å². The lowest BCUT2D eigenvalue weighted by molar-refractivity contribution is -0.119. The molecule has 3 rings (SSSR count). The van der Waals surface area contributed by atoms with Crippen molar-refractivity contribution < 1.29 is 14.4 Å². The number of benzene rings is 2. The van der Waals surface area contributed by atoms with Crippen LogP contribution in [0.25, 0.3) is 5.57 Å². The molecule has 10 nitrogen and oxygen atoms in total. The van der Waals surface area contributed by atoms with Crippen molar-refractivity contribution in [1.29, 1.82) is 0 Å². The number of nitrogens with zero attached hydrogens (tertiary/aromatic N) is 3. The van der Waals surface area contributed by atoms with Gasteiger partial charge in [-0.15, -0.1) is 0 Å². The Morgan fingerprint density at radius 2 is 1.66 bits per heavy atom. The van der Waals surface area contributed by atoms with E-state index in [0.29, 0.717) is 35.1 Å².